The number of carbonyl (C=O) groups is 1. The van der Waals surface area contributed by atoms with Gasteiger partial charge in [0.25, 0.3) is 5.91 Å². The SMILES string of the molecule is CCC(CC)n1nc(C)cc1C(=O)N1C[C@@H]2CCCCC[C@H]21. The van der Waals surface area contributed by atoms with Crippen LogP contribution in [0.4, 0.5) is 0 Å². The first kappa shape index (κ1) is 15.6. The molecular weight excluding hydrogens is 274 g/mol. The molecule has 1 saturated heterocycles. The number of hydrogen-bond donors (Lipinski definition) is 0. The van der Waals surface area contributed by atoms with Gasteiger partial charge in [0, 0.05) is 12.6 Å². The van der Waals surface area contributed by atoms with E-state index in [0.717, 1.165) is 36.7 Å². The summed E-state index contributed by atoms with van der Waals surface area (Å²) in [5.74, 6) is 0.952. The predicted molar refractivity (Wildman–Crippen MR) is 88.0 cm³/mol. The second kappa shape index (κ2) is 6.43. The summed E-state index contributed by atoms with van der Waals surface area (Å²) in [7, 11) is 0. The fourth-order valence-corrected chi connectivity index (χ4v) is 4.21. The van der Waals surface area contributed by atoms with Crippen molar-refractivity contribution in [2.75, 3.05) is 6.54 Å². The van der Waals surface area contributed by atoms with Crippen molar-refractivity contribution >= 4 is 5.91 Å². The quantitative estimate of drug-likeness (QED) is 0.844. The predicted octanol–water partition coefficient (Wildman–Crippen LogP) is 3.96. The molecule has 1 aromatic rings. The van der Waals surface area contributed by atoms with Crippen LogP contribution in [-0.4, -0.2) is 33.2 Å². The Morgan fingerprint density at radius 1 is 1.27 bits per heavy atom. The first-order chi connectivity index (χ1) is 10.7. The Bertz CT molecular complexity index is 532. The molecule has 1 aliphatic heterocycles. The van der Waals surface area contributed by atoms with E-state index in [2.05, 4.69) is 23.8 Å². The maximum absolute atomic E-state index is 13.0. The lowest BCUT2D eigenvalue weighted by atomic mass is 9.84. The minimum Gasteiger partial charge on any atom is -0.334 e. The molecule has 0 spiro atoms. The molecule has 2 aliphatic rings. The topological polar surface area (TPSA) is 38.1 Å². The molecule has 4 heteroatoms. The van der Waals surface area contributed by atoms with Crippen LogP contribution in [0.3, 0.4) is 0 Å². The number of amides is 1. The highest BCUT2D eigenvalue weighted by Crippen LogP contribution is 2.37. The lowest BCUT2D eigenvalue weighted by molar-refractivity contribution is 0.0110. The van der Waals surface area contributed by atoms with E-state index in [1.165, 1.54) is 32.1 Å². The van der Waals surface area contributed by atoms with Crippen LogP contribution < -0.4 is 0 Å². The molecular formula is C18H29N3O. The Morgan fingerprint density at radius 3 is 2.73 bits per heavy atom. The van der Waals surface area contributed by atoms with Crippen molar-refractivity contribution in [2.45, 2.75) is 77.8 Å². The summed E-state index contributed by atoms with van der Waals surface area (Å²) < 4.78 is 1.99. The Labute approximate surface area is 133 Å². The standard InChI is InChI=1S/C18H29N3O/c1-4-15(5-2)21-17(11-13(3)19-21)18(22)20-12-14-9-7-6-8-10-16(14)20/h11,14-16H,4-10,12H2,1-3H3/t14-,16+/m0/s1. The van der Waals surface area contributed by atoms with Gasteiger partial charge in [-0.05, 0) is 44.6 Å². The van der Waals surface area contributed by atoms with Crippen molar-refractivity contribution in [1.29, 1.82) is 0 Å². The van der Waals surface area contributed by atoms with E-state index < -0.39 is 0 Å². The van der Waals surface area contributed by atoms with Crippen LogP contribution in [0.2, 0.25) is 0 Å². The molecule has 0 unspecified atom stereocenters. The second-order valence-corrected chi connectivity index (χ2v) is 7.01. The molecule has 2 atom stereocenters. The van der Waals surface area contributed by atoms with Crippen molar-refractivity contribution in [2.24, 2.45) is 5.92 Å². The van der Waals surface area contributed by atoms with Gasteiger partial charge in [-0.15, -0.1) is 0 Å². The highest BCUT2D eigenvalue weighted by atomic mass is 16.2. The molecule has 0 radical (unpaired) electrons. The van der Waals surface area contributed by atoms with E-state index in [-0.39, 0.29) is 5.91 Å². The molecule has 4 nitrogen and oxygen atoms in total. The van der Waals surface area contributed by atoms with Gasteiger partial charge < -0.3 is 4.90 Å². The van der Waals surface area contributed by atoms with E-state index in [1.54, 1.807) is 0 Å². The molecule has 2 fully saturated rings. The van der Waals surface area contributed by atoms with Crippen molar-refractivity contribution in [1.82, 2.24) is 14.7 Å². The zero-order valence-electron chi connectivity index (χ0n) is 14.2. The number of carbonyl (C=O) groups excluding carboxylic acids is 1. The van der Waals surface area contributed by atoms with Gasteiger partial charge in [0.1, 0.15) is 5.69 Å². The maximum Gasteiger partial charge on any atom is 0.272 e. The molecule has 0 N–H and O–H groups in total. The van der Waals surface area contributed by atoms with E-state index >= 15 is 0 Å². The molecule has 2 heterocycles. The van der Waals surface area contributed by atoms with E-state index in [0.29, 0.717) is 12.1 Å². The minimum absolute atomic E-state index is 0.204. The van der Waals surface area contributed by atoms with Crippen LogP contribution in [0.25, 0.3) is 0 Å². The summed E-state index contributed by atoms with van der Waals surface area (Å²) in [6.45, 7) is 7.28. The normalized spacial score (nSPS) is 24.8. The molecule has 1 aromatic heterocycles. The number of aromatic nitrogens is 2. The molecule has 1 saturated carbocycles. The fourth-order valence-electron chi connectivity index (χ4n) is 4.21. The van der Waals surface area contributed by atoms with Crippen molar-refractivity contribution in [3.63, 3.8) is 0 Å². The third-order valence-corrected chi connectivity index (χ3v) is 5.58. The summed E-state index contributed by atoms with van der Waals surface area (Å²) in [6.07, 6.45) is 8.48. The monoisotopic (exact) mass is 303 g/mol. The van der Waals surface area contributed by atoms with E-state index in [9.17, 15) is 4.79 Å². The zero-order chi connectivity index (χ0) is 15.7. The third-order valence-electron chi connectivity index (χ3n) is 5.58. The van der Waals surface area contributed by atoms with Crippen LogP contribution in [0.15, 0.2) is 6.07 Å². The summed E-state index contributed by atoms with van der Waals surface area (Å²) >= 11 is 0. The van der Waals surface area contributed by atoms with Gasteiger partial charge in [0.05, 0.1) is 11.7 Å². The van der Waals surface area contributed by atoms with Crippen LogP contribution in [0, 0.1) is 12.8 Å². The molecule has 0 bridgehead atoms. The number of hydrogen-bond acceptors (Lipinski definition) is 2. The van der Waals surface area contributed by atoms with Crippen molar-refractivity contribution < 1.29 is 4.79 Å². The minimum atomic E-state index is 0.204. The Hall–Kier alpha value is -1.32. The van der Waals surface area contributed by atoms with Gasteiger partial charge >= 0.3 is 0 Å². The van der Waals surface area contributed by atoms with E-state index in [4.69, 9.17) is 0 Å². The van der Waals surface area contributed by atoms with Crippen LogP contribution >= 0.6 is 0 Å². The van der Waals surface area contributed by atoms with Gasteiger partial charge in [-0.25, -0.2) is 0 Å². The summed E-state index contributed by atoms with van der Waals surface area (Å²) in [6, 6.07) is 2.80. The second-order valence-electron chi connectivity index (χ2n) is 7.01. The zero-order valence-corrected chi connectivity index (χ0v) is 14.2. The Morgan fingerprint density at radius 2 is 2.00 bits per heavy atom. The van der Waals surface area contributed by atoms with E-state index in [1.807, 2.05) is 17.7 Å². The van der Waals surface area contributed by atoms with Gasteiger partial charge in [-0.2, -0.15) is 5.10 Å². The maximum atomic E-state index is 13.0. The number of fused-ring (bicyclic) bond motifs is 1. The van der Waals surface area contributed by atoms with Crippen LogP contribution in [0.5, 0.6) is 0 Å². The number of aryl methyl sites for hydroxylation is 1. The van der Waals surface area contributed by atoms with Crippen molar-refractivity contribution in [3.05, 3.63) is 17.5 Å². The van der Waals surface area contributed by atoms with Gasteiger partial charge in [-0.1, -0.05) is 33.1 Å². The average molecular weight is 303 g/mol. The molecule has 1 amide bonds. The average Bonchev–Trinajstić information content (AvgIpc) is 2.77. The lowest BCUT2D eigenvalue weighted by Crippen LogP contribution is -2.58. The summed E-state index contributed by atoms with van der Waals surface area (Å²) in [5, 5.41) is 4.61. The Kier molecular flexibility index (Phi) is 4.55. The number of likely N-dealkylation sites (tertiary alicyclic amines) is 1. The molecule has 22 heavy (non-hydrogen) atoms. The third kappa shape index (κ3) is 2.68. The first-order valence-corrected chi connectivity index (χ1v) is 9.02. The molecule has 1 aliphatic carbocycles. The highest BCUT2D eigenvalue weighted by molar-refractivity contribution is 5.93. The smallest absolute Gasteiger partial charge is 0.272 e. The lowest BCUT2D eigenvalue weighted by Gasteiger charge is -2.47. The first-order valence-electron chi connectivity index (χ1n) is 9.02. The van der Waals surface area contributed by atoms with Gasteiger partial charge in [0.2, 0.25) is 0 Å². The highest BCUT2D eigenvalue weighted by Gasteiger charge is 2.42. The summed E-state index contributed by atoms with van der Waals surface area (Å²) in [4.78, 5) is 15.1. The number of rotatable bonds is 4. The molecule has 0 aromatic carbocycles. The molecule has 3 rings (SSSR count). The number of nitrogens with zero attached hydrogens (tertiary/aromatic N) is 3. The fraction of sp³-hybridized carbons (Fsp3) is 0.778. The molecule has 122 valence electrons. The largest absolute Gasteiger partial charge is 0.334 e. The van der Waals surface area contributed by atoms with Crippen LogP contribution in [0.1, 0.15) is 81.0 Å². The van der Waals surface area contributed by atoms with Gasteiger partial charge in [0.15, 0.2) is 0 Å². The van der Waals surface area contributed by atoms with Gasteiger partial charge in [-0.3, -0.25) is 9.48 Å². The Balaban J connectivity index is 1.81. The van der Waals surface area contributed by atoms with Crippen molar-refractivity contribution in [3.8, 4) is 0 Å². The van der Waals surface area contributed by atoms with Crippen LogP contribution in [-0.2, 0) is 0 Å². The summed E-state index contributed by atoms with van der Waals surface area (Å²) in [5.41, 5.74) is 1.75.